The molecule has 0 aromatic carbocycles. The smallest absolute Gasteiger partial charge is 0.0594 e. The van der Waals surface area contributed by atoms with E-state index in [4.69, 9.17) is 5.73 Å². The van der Waals surface area contributed by atoms with Crippen LogP contribution in [-0.2, 0) is 0 Å². The number of hydrogen-bond donors (Lipinski definition) is 2. The maximum atomic E-state index is 9.22. The summed E-state index contributed by atoms with van der Waals surface area (Å²) in [5, 5.41) is 9.22. The molecule has 1 aliphatic carbocycles. The molecule has 2 rings (SSSR count). The third-order valence-electron chi connectivity index (χ3n) is 3.28. The van der Waals surface area contributed by atoms with Crippen LogP contribution in [0.4, 0.5) is 0 Å². The van der Waals surface area contributed by atoms with E-state index in [0.29, 0.717) is 6.04 Å². The van der Waals surface area contributed by atoms with E-state index in [0.717, 1.165) is 6.54 Å². The van der Waals surface area contributed by atoms with E-state index >= 15 is 0 Å². The number of nitrogens with zero attached hydrogens (tertiary/aromatic N) is 1. The molecule has 0 aliphatic heterocycles. The molecule has 3 nitrogen and oxygen atoms in total. The van der Waals surface area contributed by atoms with Gasteiger partial charge in [-0.2, -0.15) is 0 Å². The predicted molar refractivity (Wildman–Crippen MR) is 72.3 cm³/mol. The Morgan fingerprint density at radius 1 is 1.53 bits per heavy atom. The molecule has 17 heavy (non-hydrogen) atoms. The first kappa shape index (κ1) is 13.0. The molecule has 0 amide bonds. The topological polar surface area (TPSA) is 49.5 Å². The Morgan fingerprint density at radius 2 is 2.24 bits per heavy atom. The summed E-state index contributed by atoms with van der Waals surface area (Å²) in [4.78, 5) is 5.04. The third kappa shape index (κ3) is 3.07. The minimum absolute atomic E-state index is 0.0974. The van der Waals surface area contributed by atoms with Crippen molar-refractivity contribution in [2.24, 2.45) is 5.73 Å². The summed E-state index contributed by atoms with van der Waals surface area (Å²) in [7, 11) is 0. The number of hydrogen-bond acceptors (Lipinski definition) is 4. The highest BCUT2D eigenvalue weighted by Crippen LogP contribution is 2.37. The highest BCUT2D eigenvalue weighted by Gasteiger charge is 2.36. The van der Waals surface area contributed by atoms with E-state index in [-0.39, 0.29) is 18.7 Å². The van der Waals surface area contributed by atoms with Crippen LogP contribution in [0.3, 0.4) is 0 Å². The normalized spacial score (nSPS) is 19.6. The van der Waals surface area contributed by atoms with Gasteiger partial charge in [0.05, 0.1) is 12.6 Å². The molecule has 1 aromatic rings. The summed E-state index contributed by atoms with van der Waals surface area (Å²) >= 11 is 1.82. The van der Waals surface area contributed by atoms with Gasteiger partial charge in [0.1, 0.15) is 0 Å². The van der Waals surface area contributed by atoms with Crippen molar-refractivity contribution >= 4 is 11.3 Å². The Bertz CT molecular complexity index is 360. The first-order chi connectivity index (χ1) is 8.13. The first-order valence-electron chi connectivity index (χ1n) is 6.32. The lowest BCUT2D eigenvalue weighted by Gasteiger charge is -2.33. The fraction of sp³-hybridized carbons (Fsp3) is 0.692. The van der Waals surface area contributed by atoms with Crippen LogP contribution >= 0.6 is 11.3 Å². The minimum Gasteiger partial charge on any atom is -0.395 e. The van der Waals surface area contributed by atoms with Crippen LogP contribution in [0.15, 0.2) is 12.1 Å². The van der Waals surface area contributed by atoms with Gasteiger partial charge >= 0.3 is 0 Å². The standard InChI is InChI=1S/C13H22N2OS/c1-9-3-6-12(17-9)13(10(2)14)15(7-8-16)11-4-5-11/h3,6,10-11,13,16H,4-5,7-8,14H2,1-2H3. The second-order valence-corrected chi connectivity index (χ2v) is 6.26. The van der Waals surface area contributed by atoms with Crippen LogP contribution in [0.1, 0.15) is 35.6 Å². The average Bonchev–Trinajstić information content (AvgIpc) is 3.02. The molecule has 2 atom stereocenters. The van der Waals surface area contributed by atoms with Gasteiger partial charge in [-0.05, 0) is 38.8 Å². The Labute approximate surface area is 107 Å². The molecule has 4 heteroatoms. The van der Waals surface area contributed by atoms with Gasteiger partial charge < -0.3 is 10.8 Å². The largest absolute Gasteiger partial charge is 0.395 e. The molecule has 0 bridgehead atoms. The summed E-state index contributed by atoms with van der Waals surface area (Å²) in [6.45, 7) is 5.13. The number of nitrogens with two attached hydrogens (primary N) is 1. The number of aliphatic hydroxyl groups is 1. The molecule has 1 saturated carbocycles. The van der Waals surface area contributed by atoms with E-state index in [1.54, 1.807) is 0 Å². The lowest BCUT2D eigenvalue weighted by Crippen LogP contribution is -2.41. The van der Waals surface area contributed by atoms with E-state index in [2.05, 4.69) is 30.9 Å². The summed E-state index contributed by atoms with van der Waals surface area (Å²) in [5.74, 6) is 0. The van der Waals surface area contributed by atoms with Gasteiger partial charge in [0.2, 0.25) is 0 Å². The molecule has 1 heterocycles. The summed E-state index contributed by atoms with van der Waals surface area (Å²) in [6, 6.07) is 5.31. The van der Waals surface area contributed by atoms with Crippen molar-refractivity contribution in [2.75, 3.05) is 13.2 Å². The molecule has 1 fully saturated rings. The van der Waals surface area contributed by atoms with E-state index in [1.807, 2.05) is 11.3 Å². The van der Waals surface area contributed by atoms with Gasteiger partial charge in [0, 0.05) is 28.4 Å². The van der Waals surface area contributed by atoms with Crippen LogP contribution in [0.5, 0.6) is 0 Å². The van der Waals surface area contributed by atoms with E-state index in [1.165, 1.54) is 22.6 Å². The van der Waals surface area contributed by atoms with Gasteiger partial charge in [-0.1, -0.05) is 0 Å². The molecule has 1 aromatic heterocycles. The van der Waals surface area contributed by atoms with Crippen molar-refractivity contribution in [1.29, 1.82) is 0 Å². The first-order valence-corrected chi connectivity index (χ1v) is 7.13. The SMILES string of the molecule is Cc1ccc(C(C(C)N)N(CCO)C2CC2)s1. The molecule has 0 spiro atoms. The summed E-state index contributed by atoms with van der Waals surface area (Å²) < 4.78 is 0. The highest BCUT2D eigenvalue weighted by molar-refractivity contribution is 7.12. The van der Waals surface area contributed by atoms with Gasteiger partial charge in [0.25, 0.3) is 0 Å². The van der Waals surface area contributed by atoms with Crippen molar-refractivity contribution in [1.82, 2.24) is 4.90 Å². The zero-order valence-corrected chi connectivity index (χ0v) is 11.4. The van der Waals surface area contributed by atoms with Crippen molar-refractivity contribution < 1.29 is 5.11 Å². The number of aryl methyl sites for hydroxylation is 1. The highest BCUT2D eigenvalue weighted by atomic mass is 32.1. The zero-order chi connectivity index (χ0) is 12.4. The third-order valence-corrected chi connectivity index (χ3v) is 4.35. The molecular formula is C13H22N2OS. The second kappa shape index (κ2) is 5.48. The quantitative estimate of drug-likeness (QED) is 0.815. The van der Waals surface area contributed by atoms with Crippen LogP contribution in [0.2, 0.25) is 0 Å². The Balaban J connectivity index is 2.20. The molecule has 1 aliphatic rings. The second-order valence-electron chi connectivity index (χ2n) is 4.94. The predicted octanol–water partition coefficient (Wildman–Crippen LogP) is 1.90. The lowest BCUT2D eigenvalue weighted by atomic mass is 10.1. The summed E-state index contributed by atoms with van der Waals surface area (Å²) in [6.07, 6.45) is 2.49. The number of aliphatic hydroxyl groups excluding tert-OH is 1. The zero-order valence-electron chi connectivity index (χ0n) is 10.6. The van der Waals surface area contributed by atoms with Crippen molar-refractivity contribution in [3.05, 3.63) is 21.9 Å². The van der Waals surface area contributed by atoms with Gasteiger partial charge in [-0.15, -0.1) is 11.3 Å². The average molecular weight is 254 g/mol. The van der Waals surface area contributed by atoms with Gasteiger partial charge in [0.15, 0.2) is 0 Å². The number of thiophene rings is 1. The Hall–Kier alpha value is -0.420. The van der Waals surface area contributed by atoms with Gasteiger partial charge in [-0.3, -0.25) is 4.90 Å². The fourth-order valence-electron chi connectivity index (χ4n) is 2.41. The monoisotopic (exact) mass is 254 g/mol. The van der Waals surface area contributed by atoms with Crippen LogP contribution in [-0.4, -0.2) is 35.2 Å². The van der Waals surface area contributed by atoms with Crippen molar-refractivity contribution in [3.8, 4) is 0 Å². The van der Waals surface area contributed by atoms with Crippen LogP contribution < -0.4 is 5.73 Å². The maximum absolute atomic E-state index is 9.22. The number of rotatable bonds is 6. The van der Waals surface area contributed by atoms with Crippen LogP contribution in [0, 0.1) is 6.92 Å². The molecule has 2 unspecified atom stereocenters. The van der Waals surface area contributed by atoms with E-state index in [9.17, 15) is 5.11 Å². The van der Waals surface area contributed by atoms with Gasteiger partial charge in [-0.25, -0.2) is 0 Å². The fourth-order valence-corrected chi connectivity index (χ4v) is 3.52. The molecule has 96 valence electrons. The van der Waals surface area contributed by atoms with Crippen molar-refractivity contribution in [2.45, 2.75) is 44.8 Å². The molecule has 3 N–H and O–H groups in total. The molecule has 0 saturated heterocycles. The summed E-state index contributed by atoms with van der Waals surface area (Å²) in [5.41, 5.74) is 6.16. The van der Waals surface area contributed by atoms with E-state index < -0.39 is 0 Å². The van der Waals surface area contributed by atoms with Crippen molar-refractivity contribution in [3.63, 3.8) is 0 Å². The minimum atomic E-state index is 0.0974. The maximum Gasteiger partial charge on any atom is 0.0594 e. The Morgan fingerprint density at radius 3 is 2.65 bits per heavy atom. The molecule has 0 radical (unpaired) electrons. The lowest BCUT2D eigenvalue weighted by molar-refractivity contribution is 0.131. The Kier molecular flexibility index (Phi) is 4.20. The van der Waals surface area contributed by atoms with Crippen LogP contribution in [0.25, 0.3) is 0 Å². The molecular weight excluding hydrogens is 232 g/mol.